The van der Waals surface area contributed by atoms with E-state index in [1.807, 2.05) is 48.5 Å². The molecular formula is C21H27ClN4O2. The third kappa shape index (κ3) is 6.05. The number of imide groups is 1. The first-order valence-electron chi connectivity index (χ1n) is 9.24. The minimum atomic E-state index is -0.474. The van der Waals surface area contributed by atoms with E-state index in [0.29, 0.717) is 24.9 Å². The molecule has 0 bridgehead atoms. The average Bonchev–Trinajstić information content (AvgIpc) is 3.10. The van der Waals surface area contributed by atoms with Crippen LogP contribution in [0.4, 0.5) is 4.79 Å². The number of rotatable bonds is 6. The number of hydrogen-bond donors (Lipinski definition) is 3. The van der Waals surface area contributed by atoms with Gasteiger partial charge in [0.05, 0.1) is 6.54 Å². The normalized spacial score (nSPS) is 18.9. The van der Waals surface area contributed by atoms with Gasteiger partial charge in [0.2, 0.25) is 5.91 Å². The Labute approximate surface area is 171 Å². The predicted molar refractivity (Wildman–Crippen MR) is 112 cm³/mol. The molecule has 4 N–H and O–H groups in total. The van der Waals surface area contributed by atoms with Gasteiger partial charge in [-0.25, -0.2) is 4.79 Å². The Hall–Kier alpha value is -2.41. The van der Waals surface area contributed by atoms with Crippen molar-refractivity contribution in [1.29, 1.82) is 0 Å². The molecule has 2 aromatic carbocycles. The zero-order chi connectivity index (χ0) is 19.1. The van der Waals surface area contributed by atoms with Crippen LogP contribution >= 0.6 is 12.4 Å². The van der Waals surface area contributed by atoms with E-state index < -0.39 is 6.03 Å². The van der Waals surface area contributed by atoms with Crippen LogP contribution in [0.25, 0.3) is 0 Å². The number of carbonyl (C=O) groups excluding carboxylic acids is 2. The highest BCUT2D eigenvalue weighted by Gasteiger charge is 2.33. The molecule has 1 heterocycles. The van der Waals surface area contributed by atoms with E-state index in [9.17, 15) is 9.59 Å². The molecule has 1 aliphatic rings. The van der Waals surface area contributed by atoms with Gasteiger partial charge in [-0.2, -0.15) is 0 Å². The first-order valence-corrected chi connectivity index (χ1v) is 9.24. The number of nitrogens with zero attached hydrogens (tertiary/aromatic N) is 1. The summed E-state index contributed by atoms with van der Waals surface area (Å²) in [7, 11) is 0. The SMILES string of the molecule is Cl.NC[C@@H]1CN(CC(=O)NC(=O)NCc2ccccc2)C[C@H]1c1ccccc1. The summed E-state index contributed by atoms with van der Waals surface area (Å²) in [5.74, 6) is 0.327. The van der Waals surface area contributed by atoms with Crippen molar-refractivity contribution in [1.82, 2.24) is 15.5 Å². The first-order chi connectivity index (χ1) is 13.2. The summed E-state index contributed by atoms with van der Waals surface area (Å²) in [5, 5.41) is 5.10. The molecule has 3 amide bonds. The molecule has 2 atom stereocenters. The summed E-state index contributed by atoms with van der Waals surface area (Å²) in [6.45, 7) is 2.68. The van der Waals surface area contributed by atoms with Gasteiger partial charge in [0, 0.05) is 25.6 Å². The molecule has 3 rings (SSSR count). The lowest BCUT2D eigenvalue weighted by atomic mass is 9.89. The zero-order valence-electron chi connectivity index (χ0n) is 15.7. The van der Waals surface area contributed by atoms with Gasteiger partial charge in [-0.1, -0.05) is 60.7 Å². The third-order valence-corrected chi connectivity index (χ3v) is 4.96. The topological polar surface area (TPSA) is 87.5 Å². The van der Waals surface area contributed by atoms with E-state index in [-0.39, 0.29) is 24.9 Å². The number of carbonyl (C=O) groups is 2. The lowest BCUT2D eigenvalue weighted by Gasteiger charge is -2.16. The minimum Gasteiger partial charge on any atom is -0.334 e. The van der Waals surface area contributed by atoms with Crippen LogP contribution < -0.4 is 16.4 Å². The Morgan fingerprint density at radius 3 is 2.29 bits per heavy atom. The molecule has 28 heavy (non-hydrogen) atoms. The lowest BCUT2D eigenvalue weighted by Crippen LogP contribution is -2.44. The van der Waals surface area contributed by atoms with Gasteiger partial charge in [-0.05, 0) is 23.6 Å². The summed E-state index contributed by atoms with van der Waals surface area (Å²) >= 11 is 0. The fourth-order valence-corrected chi connectivity index (χ4v) is 3.60. The molecule has 1 fully saturated rings. The Morgan fingerprint density at radius 2 is 1.64 bits per heavy atom. The maximum Gasteiger partial charge on any atom is 0.321 e. The number of hydrogen-bond acceptors (Lipinski definition) is 4. The molecule has 0 unspecified atom stereocenters. The highest BCUT2D eigenvalue weighted by atomic mass is 35.5. The molecule has 0 saturated carbocycles. The molecule has 0 aromatic heterocycles. The van der Waals surface area contributed by atoms with Gasteiger partial charge in [0.1, 0.15) is 0 Å². The Kier molecular flexibility index (Phi) is 8.44. The molecule has 7 heteroatoms. The average molecular weight is 403 g/mol. The van der Waals surface area contributed by atoms with Gasteiger partial charge < -0.3 is 11.1 Å². The van der Waals surface area contributed by atoms with E-state index in [1.54, 1.807) is 0 Å². The highest BCUT2D eigenvalue weighted by molar-refractivity contribution is 5.95. The van der Waals surface area contributed by atoms with Crippen molar-refractivity contribution in [3.63, 3.8) is 0 Å². The van der Waals surface area contributed by atoms with Crippen molar-refractivity contribution in [3.8, 4) is 0 Å². The van der Waals surface area contributed by atoms with E-state index in [4.69, 9.17) is 5.73 Å². The number of nitrogens with one attached hydrogen (secondary N) is 2. The molecule has 1 aliphatic heterocycles. The summed E-state index contributed by atoms with van der Waals surface area (Å²) in [6, 6.07) is 19.3. The molecule has 0 aliphatic carbocycles. The van der Waals surface area contributed by atoms with Crippen LogP contribution in [-0.4, -0.2) is 43.0 Å². The van der Waals surface area contributed by atoms with Crippen molar-refractivity contribution in [3.05, 3.63) is 71.8 Å². The van der Waals surface area contributed by atoms with Crippen LogP contribution in [0.1, 0.15) is 17.0 Å². The molecule has 150 valence electrons. The third-order valence-electron chi connectivity index (χ3n) is 4.96. The van der Waals surface area contributed by atoms with E-state index in [1.165, 1.54) is 5.56 Å². The molecule has 1 saturated heterocycles. The lowest BCUT2D eigenvalue weighted by molar-refractivity contribution is -0.120. The van der Waals surface area contributed by atoms with Gasteiger partial charge in [0.15, 0.2) is 0 Å². The van der Waals surface area contributed by atoms with Gasteiger partial charge >= 0.3 is 6.03 Å². The van der Waals surface area contributed by atoms with Crippen LogP contribution in [-0.2, 0) is 11.3 Å². The molecule has 2 aromatic rings. The Bertz CT molecular complexity index is 758. The number of urea groups is 1. The summed E-state index contributed by atoms with van der Waals surface area (Å²) in [5.41, 5.74) is 8.17. The van der Waals surface area contributed by atoms with E-state index in [2.05, 4.69) is 27.7 Å². The second kappa shape index (κ2) is 10.8. The Morgan fingerprint density at radius 1 is 1.00 bits per heavy atom. The molecular weight excluding hydrogens is 376 g/mol. The van der Waals surface area contributed by atoms with Crippen LogP contribution in [0.2, 0.25) is 0 Å². The van der Waals surface area contributed by atoms with Crippen molar-refractivity contribution in [2.24, 2.45) is 11.7 Å². The molecule has 0 radical (unpaired) electrons. The van der Waals surface area contributed by atoms with Crippen LogP contribution in [0.3, 0.4) is 0 Å². The number of benzene rings is 2. The second-order valence-electron chi connectivity index (χ2n) is 6.92. The second-order valence-corrected chi connectivity index (χ2v) is 6.92. The quantitative estimate of drug-likeness (QED) is 0.690. The van der Waals surface area contributed by atoms with Gasteiger partial charge in [0.25, 0.3) is 0 Å². The fraction of sp³-hybridized carbons (Fsp3) is 0.333. The van der Waals surface area contributed by atoms with Crippen molar-refractivity contribution >= 4 is 24.3 Å². The summed E-state index contributed by atoms with van der Waals surface area (Å²) < 4.78 is 0. The first kappa shape index (κ1) is 21.9. The molecule has 0 spiro atoms. The van der Waals surface area contributed by atoms with Crippen LogP contribution in [0.15, 0.2) is 60.7 Å². The number of nitrogens with two attached hydrogens (primary N) is 1. The zero-order valence-corrected chi connectivity index (χ0v) is 16.5. The van der Waals surface area contributed by atoms with Crippen molar-refractivity contribution in [2.45, 2.75) is 12.5 Å². The summed E-state index contributed by atoms with van der Waals surface area (Å²) in [6.07, 6.45) is 0. The maximum absolute atomic E-state index is 12.2. The Balaban J connectivity index is 0.00000280. The standard InChI is InChI=1S/C21H26N4O2.ClH/c22-11-18-13-25(14-19(18)17-9-5-2-6-10-17)15-20(26)24-21(27)23-12-16-7-3-1-4-8-16;/h1-10,18-19H,11-15,22H2,(H2,23,24,26,27);1H/t18-,19+;/m1./s1. The number of amides is 3. The van der Waals surface area contributed by atoms with Gasteiger partial charge in [-0.15, -0.1) is 12.4 Å². The maximum atomic E-state index is 12.2. The van der Waals surface area contributed by atoms with E-state index in [0.717, 1.165) is 18.7 Å². The van der Waals surface area contributed by atoms with Crippen LogP contribution in [0, 0.1) is 5.92 Å². The highest BCUT2D eigenvalue weighted by Crippen LogP contribution is 2.31. The fourth-order valence-electron chi connectivity index (χ4n) is 3.60. The summed E-state index contributed by atoms with van der Waals surface area (Å²) in [4.78, 5) is 26.2. The van der Waals surface area contributed by atoms with Gasteiger partial charge in [-0.3, -0.25) is 15.0 Å². The largest absolute Gasteiger partial charge is 0.334 e. The predicted octanol–water partition coefficient (Wildman–Crippen LogP) is 2.11. The molecule has 6 nitrogen and oxygen atoms in total. The van der Waals surface area contributed by atoms with Crippen molar-refractivity contribution in [2.75, 3.05) is 26.2 Å². The smallest absolute Gasteiger partial charge is 0.321 e. The number of likely N-dealkylation sites (tertiary alicyclic amines) is 1. The van der Waals surface area contributed by atoms with Crippen LogP contribution in [0.5, 0.6) is 0 Å². The number of halogens is 1. The minimum absolute atomic E-state index is 0. The van der Waals surface area contributed by atoms with E-state index >= 15 is 0 Å². The van der Waals surface area contributed by atoms with Crippen molar-refractivity contribution < 1.29 is 9.59 Å². The monoisotopic (exact) mass is 402 g/mol.